The second-order valence-corrected chi connectivity index (χ2v) is 5.19. The molecule has 0 bridgehead atoms. The molecule has 0 spiro atoms. The van der Waals surface area contributed by atoms with Crippen molar-refractivity contribution < 1.29 is 9.53 Å². The van der Waals surface area contributed by atoms with Crippen LogP contribution in [0.3, 0.4) is 0 Å². The Kier molecular flexibility index (Phi) is 4.92. The number of hydrogen-bond donors (Lipinski definition) is 1. The van der Waals surface area contributed by atoms with Crippen molar-refractivity contribution in [1.29, 1.82) is 0 Å². The van der Waals surface area contributed by atoms with E-state index in [9.17, 15) is 4.79 Å². The summed E-state index contributed by atoms with van der Waals surface area (Å²) in [5.41, 5.74) is 0.972. The Balaban J connectivity index is 1.73. The molecular formula is C14H16N2O2S. The van der Waals surface area contributed by atoms with Crippen molar-refractivity contribution >= 4 is 17.4 Å². The molecule has 0 saturated heterocycles. The summed E-state index contributed by atoms with van der Waals surface area (Å²) < 4.78 is 5.11. The van der Waals surface area contributed by atoms with E-state index in [1.165, 1.54) is 4.88 Å². The largest absolute Gasteiger partial charge is 0.445 e. The summed E-state index contributed by atoms with van der Waals surface area (Å²) in [6.07, 6.45) is 2.39. The van der Waals surface area contributed by atoms with Gasteiger partial charge in [0, 0.05) is 11.1 Å². The Morgan fingerprint density at radius 1 is 1.37 bits per heavy atom. The molecule has 0 aliphatic rings. The normalized spacial score (nSPS) is 10.2. The summed E-state index contributed by atoms with van der Waals surface area (Å²) in [4.78, 5) is 17.0. The fourth-order valence-electron chi connectivity index (χ4n) is 1.52. The molecule has 0 atom stereocenters. The molecule has 1 heterocycles. The van der Waals surface area contributed by atoms with Gasteiger partial charge in [-0.15, -0.1) is 11.3 Å². The molecule has 100 valence electrons. The number of nitrogens with one attached hydrogen (secondary N) is 1. The van der Waals surface area contributed by atoms with Crippen molar-refractivity contribution in [3.05, 3.63) is 52.0 Å². The van der Waals surface area contributed by atoms with E-state index in [1.54, 1.807) is 11.3 Å². The molecule has 0 fully saturated rings. The molecule has 0 unspecified atom stereocenters. The zero-order valence-corrected chi connectivity index (χ0v) is 11.6. The average Bonchev–Trinajstić information content (AvgIpc) is 2.92. The third-order valence-electron chi connectivity index (χ3n) is 2.55. The molecule has 0 radical (unpaired) electrons. The third kappa shape index (κ3) is 4.37. The Morgan fingerprint density at radius 2 is 2.16 bits per heavy atom. The Morgan fingerprint density at radius 3 is 2.84 bits per heavy atom. The molecule has 1 amide bonds. The summed E-state index contributed by atoms with van der Waals surface area (Å²) >= 11 is 1.61. The first kappa shape index (κ1) is 13.5. The number of rotatable bonds is 5. The van der Waals surface area contributed by atoms with Gasteiger partial charge in [0.1, 0.15) is 11.6 Å². The number of aromatic nitrogens is 1. The highest BCUT2D eigenvalue weighted by atomic mass is 32.1. The molecule has 2 rings (SSSR count). The third-order valence-corrected chi connectivity index (χ3v) is 3.69. The van der Waals surface area contributed by atoms with Gasteiger partial charge < -0.3 is 10.1 Å². The van der Waals surface area contributed by atoms with Gasteiger partial charge in [-0.25, -0.2) is 9.78 Å². The molecule has 5 heteroatoms. The number of thiazole rings is 1. The predicted octanol–water partition coefficient (Wildman–Crippen LogP) is 3.13. The Labute approximate surface area is 116 Å². The van der Waals surface area contributed by atoms with E-state index < -0.39 is 6.09 Å². The second-order valence-electron chi connectivity index (χ2n) is 3.99. The quantitative estimate of drug-likeness (QED) is 0.912. The van der Waals surface area contributed by atoms with Crippen molar-refractivity contribution in [2.75, 3.05) is 0 Å². The Bertz CT molecular complexity index is 525. The van der Waals surface area contributed by atoms with E-state index in [4.69, 9.17) is 4.74 Å². The van der Waals surface area contributed by atoms with Crippen LogP contribution in [0.4, 0.5) is 4.79 Å². The number of nitrogens with zero attached hydrogens (tertiary/aromatic N) is 1. The average molecular weight is 276 g/mol. The number of hydrogen-bond acceptors (Lipinski definition) is 4. The van der Waals surface area contributed by atoms with Gasteiger partial charge in [0.25, 0.3) is 0 Å². The standard InChI is InChI=1S/C14H16N2O2S/c1-2-12-8-15-13(19-12)9-16-14(17)18-10-11-6-4-3-5-7-11/h3-8H,2,9-10H2,1H3,(H,16,17). The fourth-order valence-corrected chi connectivity index (χ4v) is 2.32. The van der Waals surface area contributed by atoms with Gasteiger partial charge in [0.15, 0.2) is 0 Å². The van der Waals surface area contributed by atoms with Crippen LogP contribution in [0, 0.1) is 0 Å². The van der Waals surface area contributed by atoms with Crippen molar-refractivity contribution in [3.8, 4) is 0 Å². The van der Waals surface area contributed by atoms with Crippen LogP contribution in [0.2, 0.25) is 0 Å². The van der Waals surface area contributed by atoms with Gasteiger partial charge in [0.2, 0.25) is 0 Å². The van der Waals surface area contributed by atoms with Crippen LogP contribution in [0.5, 0.6) is 0 Å². The first-order chi connectivity index (χ1) is 9.28. The smallest absolute Gasteiger partial charge is 0.407 e. The molecule has 0 aliphatic heterocycles. The number of alkyl carbamates (subject to hydrolysis) is 1. The minimum Gasteiger partial charge on any atom is -0.445 e. The monoisotopic (exact) mass is 276 g/mol. The second kappa shape index (κ2) is 6.89. The van der Waals surface area contributed by atoms with Gasteiger partial charge in [0.05, 0.1) is 6.54 Å². The highest BCUT2D eigenvalue weighted by Gasteiger charge is 2.05. The molecule has 0 saturated carbocycles. The van der Waals surface area contributed by atoms with E-state index in [0.717, 1.165) is 17.0 Å². The minimum atomic E-state index is -0.419. The van der Waals surface area contributed by atoms with Crippen LogP contribution in [0.1, 0.15) is 22.4 Å². The number of carbonyl (C=O) groups excluding carboxylic acids is 1. The molecular weight excluding hydrogens is 260 g/mol. The lowest BCUT2D eigenvalue weighted by Gasteiger charge is -2.05. The Hall–Kier alpha value is -1.88. The number of aryl methyl sites for hydroxylation is 1. The minimum absolute atomic E-state index is 0.282. The summed E-state index contributed by atoms with van der Waals surface area (Å²) in [6, 6.07) is 9.59. The molecule has 19 heavy (non-hydrogen) atoms. The predicted molar refractivity (Wildman–Crippen MR) is 75.0 cm³/mol. The molecule has 4 nitrogen and oxygen atoms in total. The van der Waals surface area contributed by atoms with Crippen molar-refractivity contribution in [2.45, 2.75) is 26.5 Å². The zero-order valence-electron chi connectivity index (χ0n) is 10.8. The summed E-state index contributed by atoms with van der Waals surface area (Å²) in [5, 5.41) is 3.59. The number of ether oxygens (including phenoxy) is 1. The fraction of sp³-hybridized carbons (Fsp3) is 0.286. The number of carbonyl (C=O) groups is 1. The molecule has 2 aromatic rings. The molecule has 1 aromatic heterocycles. The highest BCUT2D eigenvalue weighted by Crippen LogP contribution is 2.12. The summed E-state index contributed by atoms with van der Waals surface area (Å²) in [5.74, 6) is 0. The van der Waals surface area contributed by atoms with Crippen LogP contribution in [0.15, 0.2) is 36.5 Å². The lowest BCUT2D eigenvalue weighted by atomic mass is 10.2. The first-order valence-corrected chi connectivity index (χ1v) is 6.97. The highest BCUT2D eigenvalue weighted by molar-refractivity contribution is 7.11. The van der Waals surface area contributed by atoms with Gasteiger partial charge in [-0.1, -0.05) is 37.3 Å². The number of benzene rings is 1. The maximum Gasteiger partial charge on any atom is 0.407 e. The van der Waals surface area contributed by atoms with Crippen LogP contribution >= 0.6 is 11.3 Å². The summed E-state index contributed by atoms with van der Waals surface area (Å²) in [7, 11) is 0. The van der Waals surface area contributed by atoms with Gasteiger partial charge in [-0.05, 0) is 12.0 Å². The maximum atomic E-state index is 11.5. The van der Waals surface area contributed by atoms with E-state index in [-0.39, 0.29) is 6.61 Å². The van der Waals surface area contributed by atoms with Gasteiger partial charge in [-0.2, -0.15) is 0 Å². The zero-order chi connectivity index (χ0) is 13.5. The lowest BCUT2D eigenvalue weighted by molar-refractivity contribution is 0.139. The first-order valence-electron chi connectivity index (χ1n) is 6.16. The van der Waals surface area contributed by atoms with Gasteiger partial charge >= 0.3 is 6.09 Å². The molecule has 1 aromatic carbocycles. The topological polar surface area (TPSA) is 51.2 Å². The van der Waals surface area contributed by atoms with Crippen LogP contribution in [-0.4, -0.2) is 11.1 Å². The van der Waals surface area contributed by atoms with Gasteiger partial charge in [-0.3, -0.25) is 0 Å². The van der Waals surface area contributed by atoms with Crippen LogP contribution < -0.4 is 5.32 Å². The number of amides is 1. The van der Waals surface area contributed by atoms with E-state index in [2.05, 4.69) is 17.2 Å². The van der Waals surface area contributed by atoms with Crippen molar-refractivity contribution in [3.63, 3.8) is 0 Å². The van der Waals surface area contributed by atoms with E-state index in [1.807, 2.05) is 36.5 Å². The molecule has 0 aliphatic carbocycles. The van der Waals surface area contributed by atoms with Crippen molar-refractivity contribution in [2.24, 2.45) is 0 Å². The van der Waals surface area contributed by atoms with Crippen LogP contribution in [0.25, 0.3) is 0 Å². The van der Waals surface area contributed by atoms with E-state index in [0.29, 0.717) is 6.54 Å². The van der Waals surface area contributed by atoms with E-state index >= 15 is 0 Å². The van der Waals surface area contributed by atoms with Crippen molar-refractivity contribution in [1.82, 2.24) is 10.3 Å². The summed E-state index contributed by atoms with van der Waals surface area (Å²) in [6.45, 7) is 2.78. The SMILES string of the molecule is CCc1cnc(CNC(=O)OCc2ccccc2)s1. The van der Waals surface area contributed by atoms with Crippen LogP contribution in [-0.2, 0) is 24.3 Å². The lowest BCUT2D eigenvalue weighted by Crippen LogP contribution is -2.23. The maximum absolute atomic E-state index is 11.5. The molecule has 1 N–H and O–H groups in total.